The molecule has 1 N–H and O–H groups in total. The number of amides is 1. The highest BCUT2D eigenvalue weighted by Crippen LogP contribution is 2.28. The second-order valence-corrected chi connectivity index (χ2v) is 7.70. The number of hydrogen-bond acceptors (Lipinski definition) is 3. The number of piperidine rings is 1. The van der Waals surface area contributed by atoms with Gasteiger partial charge in [-0.1, -0.05) is 13.8 Å². The number of likely N-dealkylation sites (tertiary alicyclic amines) is 1. The molecule has 3 fully saturated rings. The quantitative estimate of drug-likeness (QED) is 0.838. The summed E-state index contributed by atoms with van der Waals surface area (Å²) in [5.74, 6) is 1.67. The van der Waals surface area contributed by atoms with Crippen LogP contribution in [-0.2, 0) is 4.79 Å². The highest BCUT2D eigenvalue weighted by Gasteiger charge is 2.34. The highest BCUT2D eigenvalue weighted by atomic mass is 16.2. The fourth-order valence-electron chi connectivity index (χ4n) is 4.12. The standard InChI is InChI=1S/C17H31N3O/c1-13-8-14(2)10-20(9-13)17(21)12-19(16-5-6-16)11-15-4-3-7-18-15/h13-16,18H,3-12H2,1-2H3. The minimum Gasteiger partial charge on any atom is -0.341 e. The van der Waals surface area contributed by atoms with E-state index in [4.69, 9.17) is 0 Å². The lowest BCUT2D eigenvalue weighted by Gasteiger charge is -2.36. The summed E-state index contributed by atoms with van der Waals surface area (Å²) in [6.07, 6.45) is 6.40. The number of hydrogen-bond donors (Lipinski definition) is 1. The number of nitrogens with one attached hydrogen (secondary N) is 1. The van der Waals surface area contributed by atoms with Crippen LogP contribution in [0.1, 0.15) is 46.0 Å². The summed E-state index contributed by atoms with van der Waals surface area (Å²) >= 11 is 0. The van der Waals surface area contributed by atoms with E-state index in [2.05, 4.69) is 29.0 Å². The van der Waals surface area contributed by atoms with E-state index in [9.17, 15) is 4.79 Å². The summed E-state index contributed by atoms with van der Waals surface area (Å²) in [7, 11) is 0. The molecule has 3 unspecified atom stereocenters. The van der Waals surface area contributed by atoms with Gasteiger partial charge in [0, 0.05) is 31.7 Å². The van der Waals surface area contributed by atoms with Crippen molar-refractivity contribution in [1.29, 1.82) is 0 Å². The van der Waals surface area contributed by atoms with Crippen molar-refractivity contribution in [2.45, 2.75) is 58.0 Å². The van der Waals surface area contributed by atoms with Gasteiger partial charge in [0.15, 0.2) is 0 Å². The molecule has 0 aromatic heterocycles. The van der Waals surface area contributed by atoms with Crippen LogP contribution in [-0.4, -0.2) is 60.5 Å². The van der Waals surface area contributed by atoms with E-state index < -0.39 is 0 Å². The zero-order valence-corrected chi connectivity index (χ0v) is 13.7. The molecule has 0 spiro atoms. The van der Waals surface area contributed by atoms with Gasteiger partial charge in [-0.25, -0.2) is 0 Å². The van der Waals surface area contributed by atoms with Gasteiger partial charge < -0.3 is 10.2 Å². The second kappa shape index (κ2) is 6.66. The van der Waals surface area contributed by atoms with E-state index in [1.165, 1.54) is 32.1 Å². The van der Waals surface area contributed by atoms with E-state index in [1.807, 2.05) is 0 Å². The molecule has 3 rings (SSSR count). The molecule has 1 saturated carbocycles. The summed E-state index contributed by atoms with van der Waals surface area (Å²) in [4.78, 5) is 17.2. The smallest absolute Gasteiger partial charge is 0.236 e. The van der Waals surface area contributed by atoms with Crippen molar-refractivity contribution in [3.63, 3.8) is 0 Å². The number of carbonyl (C=O) groups excluding carboxylic acids is 1. The summed E-state index contributed by atoms with van der Waals surface area (Å²) in [5, 5.41) is 3.57. The Bertz CT molecular complexity index is 353. The first-order valence-electron chi connectivity index (χ1n) is 8.87. The Morgan fingerprint density at radius 3 is 2.48 bits per heavy atom. The molecule has 3 atom stereocenters. The van der Waals surface area contributed by atoms with Crippen LogP contribution in [0.3, 0.4) is 0 Å². The largest absolute Gasteiger partial charge is 0.341 e. The van der Waals surface area contributed by atoms with E-state index in [-0.39, 0.29) is 0 Å². The van der Waals surface area contributed by atoms with Crippen LogP contribution in [0.5, 0.6) is 0 Å². The van der Waals surface area contributed by atoms with Crippen LogP contribution in [0.15, 0.2) is 0 Å². The molecule has 4 heteroatoms. The van der Waals surface area contributed by atoms with E-state index in [0.717, 1.165) is 26.2 Å². The molecule has 0 aromatic carbocycles. The van der Waals surface area contributed by atoms with Gasteiger partial charge in [0.25, 0.3) is 0 Å². The minimum atomic E-state index is 0.360. The van der Waals surface area contributed by atoms with Gasteiger partial charge >= 0.3 is 0 Å². The Kier molecular flexibility index (Phi) is 4.85. The van der Waals surface area contributed by atoms with Crippen molar-refractivity contribution in [1.82, 2.24) is 15.1 Å². The molecule has 0 bridgehead atoms. The molecule has 0 radical (unpaired) electrons. The SMILES string of the molecule is CC1CC(C)CN(C(=O)CN(CC2CCCN2)C2CC2)C1. The predicted molar refractivity (Wildman–Crippen MR) is 85.1 cm³/mol. The Hall–Kier alpha value is -0.610. The van der Waals surface area contributed by atoms with Crippen molar-refractivity contribution in [3.8, 4) is 0 Å². The fourth-order valence-corrected chi connectivity index (χ4v) is 4.12. The van der Waals surface area contributed by atoms with Crippen LogP contribution in [0.25, 0.3) is 0 Å². The predicted octanol–water partition coefficient (Wildman–Crippen LogP) is 1.71. The van der Waals surface area contributed by atoms with Gasteiger partial charge in [-0.15, -0.1) is 0 Å². The third-order valence-corrected chi connectivity index (χ3v) is 5.24. The van der Waals surface area contributed by atoms with Crippen LogP contribution in [0, 0.1) is 11.8 Å². The first-order valence-corrected chi connectivity index (χ1v) is 8.87. The fraction of sp³-hybridized carbons (Fsp3) is 0.941. The van der Waals surface area contributed by atoms with Crippen molar-refractivity contribution >= 4 is 5.91 Å². The molecule has 2 heterocycles. The van der Waals surface area contributed by atoms with E-state index in [0.29, 0.717) is 36.4 Å². The van der Waals surface area contributed by atoms with Gasteiger partial charge in [-0.05, 0) is 50.5 Å². The summed E-state index contributed by atoms with van der Waals surface area (Å²) in [6, 6.07) is 1.29. The average molecular weight is 293 g/mol. The summed E-state index contributed by atoms with van der Waals surface area (Å²) < 4.78 is 0. The normalized spacial score (nSPS) is 33.7. The molecule has 120 valence electrons. The first-order chi connectivity index (χ1) is 10.1. The molecule has 2 aliphatic heterocycles. The average Bonchev–Trinajstić information content (AvgIpc) is 3.15. The number of nitrogens with zero attached hydrogens (tertiary/aromatic N) is 2. The van der Waals surface area contributed by atoms with Crippen LogP contribution in [0.4, 0.5) is 0 Å². The maximum Gasteiger partial charge on any atom is 0.236 e. The Balaban J connectivity index is 1.53. The lowest BCUT2D eigenvalue weighted by Crippen LogP contribution is -2.49. The maximum atomic E-state index is 12.7. The third kappa shape index (κ3) is 4.19. The molecular weight excluding hydrogens is 262 g/mol. The second-order valence-electron chi connectivity index (χ2n) is 7.70. The number of rotatable bonds is 5. The topological polar surface area (TPSA) is 35.6 Å². The molecule has 2 saturated heterocycles. The van der Waals surface area contributed by atoms with Crippen LogP contribution >= 0.6 is 0 Å². The van der Waals surface area contributed by atoms with Crippen molar-refractivity contribution in [3.05, 3.63) is 0 Å². The monoisotopic (exact) mass is 293 g/mol. The zero-order chi connectivity index (χ0) is 14.8. The van der Waals surface area contributed by atoms with Crippen molar-refractivity contribution in [2.24, 2.45) is 11.8 Å². The molecule has 0 aromatic rings. The lowest BCUT2D eigenvalue weighted by atomic mass is 9.92. The summed E-state index contributed by atoms with van der Waals surface area (Å²) in [6.45, 7) is 9.33. The van der Waals surface area contributed by atoms with Crippen LogP contribution < -0.4 is 5.32 Å². The molecule has 21 heavy (non-hydrogen) atoms. The molecular formula is C17H31N3O. The van der Waals surface area contributed by atoms with Gasteiger partial charge in [0.1, 0.15) is 0 Å². The summed E-state index contributed by atoms with van der Waals surface area (Å²) in [5.41, 5.74) is 0. The minimum absolute atomic E-state index is 0.360. The Morgan fingerprint density at radius 1 is 1.19 bits per heavy atom. The highest BCUT2D eigenvalue weighted by molar-refractivity contribution is 5.78. The first kappa shape index (κ1) is 15.3. The molecule has 3 aliphatic rings. The van der Waals surface area contributed by atoms with Crippen LogP contribution in [0.2, 0.25) is 0 Å². The van der Waals surface area contributed by atoms with E-state index >= 15 is 0 Å². The van der Waals surface area contributed by atoms with Crippen molar-refractivity contribution < 1.29 is 4.79 Å². The maximum absolute atomic E-state index is 12.7. The van der Waals surface area contributed by atoms with Gasteiger partial charge in [-0.2, -0.15) is 0 Å². The van der Waals surface area contributed by atoms with E-state index in [1.54, 1.807) is 0 Å². The third-order valence-electron chi connectivity index (χ3n) is 5.24. The number of carbonyl (C=O) groups is 1. The van der Waals surface area contributed by atoms with Gasteiger partial charge in [-0.3, -0.25) is 9.69 Å². The van der Waals surface area contributed by atoms with Gasteiger partial charge in [0.05, 0.1) is 6.54 Å². The Labute approximate surface area is 129 Å². The zero-order valence-electron chi connectivity index (χ0n) is 13.7. The van der Waals surface area contributed by atoms with Crippen molar-refractivity contribution in [2.75, 3.05) is 32.7 Å². The van der Waals surface area contributed by atoms with Gasteiger partial charge in [0.2, 0.25) is 5.91 Å². The molecule has 1 amide bonds. The lowest BCUT2D eigenvalue weighted by molar-refractivity contribution is -0.135. The Morgan fingerprint density at radius 2 is 1.90 bits per heavy atom. The molecule has 4 nitrogen and oxygen atoms in total. The molecule has 1 aliphatic carbocycles.